The Morgan fingerprint density at radius 1 is 1.23 bits per heavy atom. The molecule has 0 radical (unpaired) electrons. The summed E-state index contributed by atoms with van der Waals surface area (Å²) in [5.74, 6) is 0.732. The normalized spacial score (nSPS) is 13.0. The van der Waals surface area contributed by atoms with Crippen LogP contribution in [0.25, 0.3) is 0 Å². The van der Waals surface area contributed by atoms with E-state index in [0.717, 1.165) is 17.7 Å². The standard InChI is InChI=1S/C20H25N3O3/c1-14(10-15-2-5-18(6-3-15)26-9-8-24)23-13-20(25)16-4-7-19(22)17(11-16)12-21/h2-7,11,14,20,23-25H,8-10,13,22H2,1H3. The van der Waals surface area contributed by atoms with Gasteiger partial charge in [0.2, 0.25) is 0 Å². The van der Waals surface area contributed by atoms with Crippen LogP contribution in [0.3, 0.4) is 0 Å². The molecular formula is C20H25N3O3. The Hall–Kier alpha value is -2.59. The minimum Gasteiger partial charge on any atom is -0.491 e. The number of rotatable bonds is 9. The number of nitrogens with one attached hydrogen (secondary N) is 1. The Kier molecular flexibility index (Phi) is 7.42. The van der Waals surface area contributed by atoms with Gasteiger partial charge in [0.05, 0.1) is 18.3 Å². The molecule has 0 aliphatic heterocycles. The van der Waals surface area contributed by atoms with Crippen LogP contribution in [0.5, 0.6) is 5.75 Å². The third-order valence-electron chi connectivity index (χ3n) is 4.07. The fraction of sp³-hybridized carbons (Fsp3) is 0.350. The van der Waals surface area contributed by atoms with Gasteiger partial charge in [-0.1, -0.05) is 18.2 Å². The van der Waals surface area contributed by atoms with Gasteiger partial charge in [0, 0.05) is 18.3 Å². The smallest absolute Gasteiger partial charge is 0.119 e. The number of benzene rings is 2. The third-order valence-corrected chi connectivity index (χ3v) is 4.07. The number of hydrogen-bond acceptors (Lipinski definition) is 6. The minimum atomic E-state index is -0.709. The number of nitrogens with two attached hydrogens (primary N) is 1. The fourth-order valence-corrected chi connectivity index (χ4v) is 2.62. The highest BCUT2D eigenvalue weighted by atomic mass is 16.5. The first-order chi connectivity index (χ1) is 12.5. The molecule has 2 rings (SSSR count). The molecule has 0 aliphatic rings. The lowest BCUT2D eigenvalue weighted by molar-refractivity contribution is 0.170. The van der Waals surface area contributed by atoms with Gasteiger partial charge in [0.15, 0.2) is 0 Å². The van der Waals surface area contributed by atoms with Gasteiger partial charge < -0.3 is 26.0 Å². The van der Waals surface area contributed by atoms with E-state index in [1.165, 1.54) is 0 Å². The molecule has 2 aromatic rings. The van der Waals surface area contributed by atoms with Crippen LogP contribution in [0.4, 0.5) is 5.69 Å². The highest BCUT2D eigenvalue weighted by molar-refractivity contribution is 5.55. The number of nitrogen functional groups attached to an aromatic ring is 1. The molecule has 0 saturated carbocycles. The maximum absolute atomic E-state index is 10.3. The molecule has 0 heterocycles. The summed E-state index contributed by atoms with van der Waals surface area (Å²) in [6.45, 7) is 2.71. The summed E-state index contributed by atoms with van der Waals surface area (Å²) in [5.41, 5.74) is 8.31. The zero-order chi connectivity index (χ0) is 18.9. The van der Waals surface area contributed by atoms with Crippen molar-refractivity contribution < 1.29 is 14.9 Å². The summed E-state index contributed by atoms with van der Waals surface area (Å²) in [6, 6.07) is 14.9. The molecule has 2 aromatic carbocycles. The Labute approximate surface area is 153 Å². The highest BCUT2D eigenvalue weighted by Crippen LogP contribution is 2.19. The van der Waals surface area contributed by atoms with E-state index in [2.05, 4.69) is 5.32 Å². The molecule has 0 fully saturated rings. The third kappa shape index (κ3) is 5.74. The number of aliphatic hydroxyl groups excluding tert-OH is 2. The predicted octanol–water partition coefficient (Wildman–Crippen LogP) is 1.77. The van der Waals surface area contributed by atoms with Gasteiger partial charge in [-0.2, -0.15) is 5.26 Å². The zero-order valence-electron chi connectivity index (χ0n) is 14.9. The summed E-state index contributed by atoms with van der Waals surface area (Å²) < 4.78 is 5.34. The summed E-state index contributed by atoms with van der Waals surface area (Å²) in [6.07, 6.45) is 0.0949. The molecule has 0 aromatic heterocycles. The molecule has 2 atom stereocenters. The van der Waals surface area contributed by atoms with Crippen molar-refractivity contribution >= 4 is 5.69 Å². The molecule has 0 spiro atoms. The Morgan fingerprint density at radius 2 is 1.96 bits per heavy atom. The highest BCUT2D eigenvalue weighted by Gasteiger charge is 2.12. The van der Waals surface area contributed by atoms with Gasteiger partial charge in [-0.05, 0) is 48.7 Å². The molecule has 0 saturated heterocycles. The van der Waals surface area contributed by atoms with Gasteiger partial charge in [-0.3, -0.25) is 0 Å². The van der Waals surface area contributed by atoms with E-state index < -0.39 is 6.10 Å². The summed E-state index contributed by atoms with van der Waals surface area (Å²) in [7, 11) is 0. The largest absolute Gasteiger partial charge is 0.491 e. The van der Waals surface area contributed by atoms with Gasteiger partial charge in [-0.25, -0.2) is 0 Å². The average Bonchev–Trinajstić information content (AvgIpc) is 2.66. The van der Waals surface area contributed by atoms with Crippen LogP contribution < -0.4 is 15.8 Å². The molecule has 138 valence electrons. The van der Waals surface area contributed by atoms with E-state index in [0.29, 0.717) is 23.4 Å². The first kappa shape index (κ1) is 19.7. The SMILES string of the molecule is CC(Cc1ccc(OCCO)cc1)NCC(O)c1ccc(N)c(C#N)c1. The molecule has 0 bridgehead atoms. The zero-order valence-corrected chi connectivity index (χ0v) is 14.9. The molecule has 6 heteroatoms. The molecular weight excluding hydrogens is 330 g/mol. The summed E-state index contributed by atoms with van der Waals surface area (Å²) in [5, 5.41) is 31.4. The molecule has 0 amide bonds. The Morgan fingerprint density at radius 3 is 2.62 bits per heavy atom. The Bertz CT molecular complexity index is 741. The van der Waals surface area contributed by atoms with E-state index >= 15 is 0 Å². The van der Waals surface area contributed by atoms with Crippen molar-refractivity contribution in [3.63, 3.8) is 0 Å². The van der Waals surface area contributed by atoms with Crippen molar-refractivity contribution in [2.75, 3.05) is 25.5 Å². The van der Waals surface area contributed by atoms with Crippen LogP contribution in [0, 0.1) is 11.3 Å². The van der Waals surface area contributed by atoms with E-state index in [4.69, 9.17) is 20.8 Å². The van der Waals surface area contributed by atoms with Crippen molar-refractivity contribution in [3.05, 3.63) is 59.2 Å². The average molecular weight is 355 g/mol. The first-order valence-corrected chi connectivity index (χ1v) is 8.57. The van der Waals surface area contributed by atoms with Gasteiger partial charge in [0.25, 0.3) is 0 Å². The molecule has 2 unspecified atom stereocenters. The maximum atomic E-state index is 10.3. The number of hydrogen-bond donors (Lipinski definition) is 4. The van der Waals surface area contributed by atoms with Crippen LogP contribution in [-0.2, 0) is 6.42 Å². The van der Waals surface area contributed by atoms with Gasteiger partial charge in [0.1, 0.15) is 18.4 Å². The lowest BCUT2D eigenvalue weighted by Gasteiger charge is -2.18. The quantitative estimate of drug-likeness (QED) is 0.510. The second-order valence-electron chi connectivity index (χ2n) is 6.20. The van der Waals surface area contributed by atoms with Crippen molar-refractivity contribution in [3.8, 4) is 11.8 Å². The molecule has 26 heavy (non-hydrogen) atoms. The van der Waals surface area contributed by atoms with Crippen molar-refractivity contribution in [1.82, 2.24) is 5.32 Å². The topological polar surface area (TPSA) is 112 Å². The van der Waals surface area contributed by atoms with Crippen molar-refractivity contribution in [2.24, 2.45) is 0 Å². The van der Waals surface area contributed by atoms with Gasteiger partial charge >= 0.3 is 0 Å². The predicted molar refractivity (Wildman–Crippen MR) is 101 cm³/mol. The van der Waals surface area contributed by atoms with Crippen LogP contribution in [-0.4, -0.2) is 36.0 Å². The lowest BCUT2D eigenvalue weighted by Crippen LogP contribution is -2.32. The first-order valence-electron chi connectivity index (χ1n) is 8.57. The van der Waals surface area contributed by atoms with E-state index in [9.17, 15) is 5.11 Å². The number of nitrogens with zero attached hydrogens (tertiary/aromatic N) is 1. The lowest BCUT2D eigenvalue weighted by atomic mass is 10.0. The summed E-state index contributed by atoms with van der Waals surface area (Å²) >= 11 is 0. The minimum absolute atomic E-state index is 0.00506. The van der Waals surface area contributed by atoms with Crippen LogP contribution in [0.15, 0.2) is 42.5 Å². The molecule has 6 nitrogen and oxygen atoms in total. The second-order valence-corrected chi connectivity index (χ2v) is 6.20. The molecule has 0 aliphatic carbocycles. The van der Waals surface area contributed by atoms with Crippen molar-refractivity contribution in [1.29, 1.82) is 5.26 Å². The number of nitriles is 1. The van der Waals surface area contributed by atoms with Crippen LogP contribution >= 0.6 is 0 Å². The van der Waals surface area contributed by atoms with E-state index in [1.807, 2.05) is 37.3 Å². The fourth-order valence-electron chi connectivity index (χ4n) is 2.62. The van der Waals surface area contributed by atoms with E-state index in [-0.39, 0.29) is 19.3 Å². The molecule has 5 N–H and O–H groups in total. The number of ether oxygens (including phenoxy) is 1. The summed E-state index contributed by atoms with van der Waals surface area (Å²) in [4.78, 5) is 0. The second kappa shape index (κ2) is 9.78. The Balaban J connectivity index is 1.84. The maximum Gasteiger partial charge on any atom is 0.119 e. The van der Waals surface area contributed by atoms with Crippen molar-refractivity contribution in [2.45, 2.75) is 25.5 Å². The van der Waals surface area contributed by atoms with E-state index in [1.54, 1.807) is 18.2 Å². The van der Waals surface area contributed by atoms with Gasteiger partial charge in [-0.15, -0.1) is 0 Å². The number of aliphatic hydroxyl groups is 2. The monoisotopic (exact) mass is 355 g/mol. The van der Waals surface area contributed by atoms with Crippen LogP contribution in [0.2, 0.25) is 0 Å². The van der Waals surface area contributed by atoms with Crippen LogP contribution in [0.1, 0.15) is 29.7 Å². The number of anilines is 1.